The number of benzene rings is 1. The average molecular weight is 420 g/mol. The van der Waals surface area contributed by atoms with Gasteiger partial charge in [0.2, 0.25) is 5.43 Å². The highest BCUT2D eigenvalue weighted by Crippen LogP contribution is 2.44. The standard InChI is InChI=1S/C21H23F2N3O4/c1-30-20-17-13(19(27)14(21(28)29)10-26(17)12-4-5-12)7-15(22)18(20)25-6-2-3-11(9-25)16(23)8-24/h7,10,12H,2-6,8-9,24H2,1H3,(H,28,29)/p+1/b16-11+. The number of carbonyl (C=O) groups is 1. The van der Waals surface area contributed by atoms with Gasteiger partial charge in [0.05, 0.1) is 18.0 Å². The van der Waals surface area contributed by atoms with Crippen molar-refractivity contribution in [3.05, 3.63) is 45.3 Å². The summed E-state index contributed by atoms with van der Waals surface area (Å²) in [5.41, 5.74) is 3.56. The second-order valence-corrected chi connectivity index (χ2v) is 7.74. The number of hydrogen-bond acceptors (Lipinski definition) is 4. The normalized spacial score (nSPS) is 18.6. The number of quaternary nitrogens is 1. The molecule has 1 saturated heterocycles. The van der Waals surface area contributed by atoms with E-state index in [4.69, 9.17) is 4.74 Å². The van der Waals surface area contributed by atoms with Crippen molar-refractivity contribution >= 4 is 22.6 Å². The number of hydrogen-bond donors (Lipinski definition) is 2. The molecule has 1 aromatic carbocycles. The molecule has 1 saturated carbocycles. The van der Waals surface area contributed by atoms with Gasteiger partial charge in [-0.2, -0.15) is 0 Å². The fourth-order valence-corrected chi connectivity index (χ4v) is 4.19. The lowest BCUT2D eigenvalue weighted by Gasteiger charge is -2.32. The Hall–Kier alpha value is -2.94. The van der Waals surface area contributed by atoms with Crippen LogP contribution in [0.2, 0.25) is 0 Å². The molecule has 9 heteroatoms. The lowest BCUT2D eigenvalue weighted by Crippen LogP contribution is -2.51. The average Bonchev–Trinajstić information content (AvgIpc) is 3.58. The van der Waals surface area contributed by atoms with Crippen LogP contribution in [0.3, 0.4) is 0 Å². The van der Waals surface area contributed by atoms with Gasteiger partial charge in [0.1, 0.15) is 17.8 Å². The molecule has 1 aliphatic carbocycles. The fourth-order valence-electron chi connectivity index (χ4n) is 4.19. The highest BCUT2D eigenvalue weighted by Gasteiger charge is 2.32. The Kier molecular flexibility index (Phi) is 5.23. The zero-order valence-corrected chi connectivity index (χ0v) is 16.7. The van der Waals surface area contributed by atoms with Gasteiger partial charge in [0.15, 0.2) is 17.4 Å². The first-order chi connectivity index (χ1) is 14.4. The number of rotatable bonds is 5. The Morgan fingerprint density at radius 1 is 1.40 bits per heavy atom. The zero-order chi connectivity index (χ0) is 21.6. The van der Waals surface area contributed by atoms with Gasteiger partial charge in [-0.15, -0.1) is 0 Å². The summed E-state index contributed by atoms with van der Waals surface area (Å²) in [5.74, 6) is -2.17. The van der Waals surface area contributed by atoms with E-state index in [-0.39, 0.29) is 41.8 Å². The maximum atomic E-state index is 15.3. The van der Waals surface area contributed by atoms with Gasteiger partial charge in [-0.05, 0) is 37.3 Å². The quantitative estimate of drug-likeness (QED) is 0.773. The largest absolute Gasteiger partial charge is 0.492 e. The van der Waals surface area contributed by atoms with Crippen molar-refractivity contribution in [1.29, 1.82) is 0 Å². The zero-order valence-electron chi connectivity index (χ0n) is 16.7. The third-order valence-corrected chi connectivity index (χ3v) is 5.78. The summed E-state index contributed by atoms with van der Waals surface area (Å²) in [6.45, 7) is 0.758. The van der Waals surface area contributed by atoms with Crippen molar-refractivity contribution in [2.24, 2.45) is 0 Å². The van der Waals surface area contributed by atoms with E-state index in [2.05, 4.69) is 5.73 Å². The fraction of sp³-hybridized carbons (Fsp3) is 0.429. The van der Waals surface area contributed by atoms with Crippen LogP contribution in [0.1, 0.15) is 42.1 Å². The minimum Gasteiger partial charge on any atom is -0.492 e. The number of carboxylic acid groups (broad SMARTS) is 1. The predicted molar refractivity (Wildman–Crippen MR) is 107 cm³/mol. The lowest BCUT2D eigenvalue weighted by atomic mass is 10.0. The molecule has 2 fully saturated rings. The molecule has 0 spiro atoms. The SMILES string of the molecule is COc1c(N2CCC/C(=C(\F)C[NH3+])C2)c(F)cc2c(=O)c(C(=O)O)cn(C3CC3)c12. The van der Waals surface area contributed by atoms with Crippen LogP contribution in [-0.4, -0.2) is 42.4 Å². The molecule has 4 rings (SSSR count). The van der Waals surface area contributed by atoms with Crippen LogP contribution in [0.25, 0.3) is 10.9 Å². The van der Waals surface area contributed by atoms with E-state index in [9.17, 15) is 19.1 Å². The Bertz CT molecular complexity index is 1120. The molecule has 4 N–H and O–H groups in total. The summed E-state index contributed by atoms with van der Waals surface area (Å²) in [7, 11) is 1.39. The second-order valence-electron chi connectivity index (χ2n) is 7.74. The van der Waals surface area contributed by atoms with Gasteiger partial charge >= 0.3 is 5.97 Å². The molecule has 1 aliphatic heterocycles. The first-order valence-corrected chi connectivity index (χ1v) is 9.96. The Morgan fingerprint density at radius 2 is 2.13 bits per heavy atom. The van der Waals surface area contributed by atoms with Gasteiger partial charge in [-0.25, -0.2) is 13.6 Å². The topological polar surface area (TPSA) is 99.4 Å². The Balaban J connectivity index is 1.97. The summed E-state index contributed by atoms with van der Waals surface area (Å²) in [4.78, 5) is 26.0. The van der Waals surface area contributed by atoms with E-state index in [0.717, 1.165) is 18.9 Å². The lowest BCUT2D eigenvalue weighted by molar-refractivity contribution is -0.359. The molecule has 0 amide bonds. The van der Waals surface area contributed by atoms with E-state index in [0.29, 0.717) is 30.5 Å². The number of anilines is 1. The summed E-state index contributed by atoms with van der Waals surface area (Å²) in [6.07, 6.45) is 4.22. The van der Waals surface area contributed by atoms with Crippen molar-refractivity contribution in [3.8, 4) is 5.75 Å². The number of pyridine rings is 1. The number of methoxy groups -OCH3 is 1. The molecule has 0 unspecified atom stereocenters. The first kappa shape index (κ1) is 20.3. The molecule has 30 heavy (non-hydrogen) atoms. The molecule has 0 bridgehead atoms. The number of halogens is 2. The predicted octanol–water partition coefficient (Wildman–Crippen LogP) is 2.25. The molecule has 2 aliphatic rings. The molecule has 2 heterocycles. The summed E-state index contributed by atoms with van der Waals surface area (Å²) in [6, 6.07) is 1.11. The molecule has 160 valence electrons. The Labute approximate surface area is 171 Å². The van der Waals surface area contributed by atoms with Crippen molar-refractivity contribution < 1.29 is 29.2 Å². The first-order valence-electron chi connectivity index (χ1n) is 9.96. The highest BCUT2D eigenvalue weighted by molar-refractivity contribution is 5.97. The van der Waals surface area contributed by atoms with Crippen LogP contribution in [0.15, 0.2) is 28.5 Å². The molecular weight excluding hydrogens is 396 g/mol. The van der Waals surface area contributed by atoms with Crippen LogP contribution in [-0.2, 0) is 0 Å². The molecule has 0 radical (unpaired) electrons. The number of carboxylic acids is 1. The van der Waals surface area contributed by atoms with Crippen LogP contribution < -0.4 is 20.8 Å². The van der Waals surface area contributed by atoms with E-state index >= 15 is 4.39 Å². The maximum Gasteiger partial charge on any atom is 0.341 e. The molecule has 7 nitrogen and oxygen atoms in total. The van der Waals surface area contributed by atoms with Crippen molar-refractivity contribution in [1.82, 2.24) is 4.57 Å². The van der Waals surface area contributed by atoms with Gasteiger partial charge in [0, 0.05) is 25.3 Å². The van der Waals surface area contributed by atoms with Gasteiger partial charge in [-0.3, -0.25) is 4.79 Å². The van der Waals surface area contributed by atoms with Crippen LogP contribution in [0.5, 0.6) is 5.75 Å². The summed E-state index contributed by atoms with van der Waals surface area (Å²) >= 11 is 0. The van der Waals surface area contributed by atoms with E-state index in [1.54, 1.807) is 9.47 Å². The molecular formula is C21H24F2N3O4+. The summed E-state index contributed by atoms with van der Waals surface area (Å²) < 4.78 is 36.7. The van der Waals surface area contributed by atoms with E-state index < -0.39 is 22.8 Å². The monoisotopic (exact) mass is 420 g/mol. The minimum absolute atomic E-state index is 0.0267. The van der Waals surface area contributed by atoms with Crippen LogP contribution in [0, 0.1) is 5.82 Å². The number of piperidine rings is 1. The molecule has 0 atom stereocenters. The van der Waals surface area contributed by atoms with E-state index in [1.165, 1.54) is 13.3 Å². The maximum absolute atomic E-state index is 15.3. The van der Waals surface area contributed by atoms with E-state index in [1.807, 2.05) is 0 Å². The number of ether oxygens (including phenoxy) is 1. The van der Waals surface area contributed by atoms with Crippen LogP contribution in [0.4, 0.5) is 14.5 Å². The molecule has 1 aromatic heterocycles. The molecule has 2 aromatic rings. The number of fused-ring (bicyclic) bond motifs is 1. The third kappa shape index (κ3) is 3.32. The van der Waals surface area contributed by atoms with Gasteiger partial charge in [-0.1, -0.05) is 0 Å². The second kappa shape index (κ2) is 7.71. The van der Waals surface area contributed by atoms with Gasteiger partial charge < -0.3 is 25.0 Å². The highest BCUT2D eigenvalue weighted by atomic mass is 19.1. The van der Waals surface area contributed by atoms with Gasteiger partial charge in [0.25, 0.3) is 0 Å². The Morgan fingerprint density at radius 3 is 2.73 bits per heavy atom. The van der Waals surface area contributed by atoms with Crippen molar-refractivity contribution in [3.63, 3.8) is 0 Å². The van der Waals surface area contributed by atoms with Crippen LogP contribution >= 0.6 is 0 Å². The number of aromatic nitrogens is 1. The number of aromatic carboxylic acids is 1. The van der Waals surface area contributed by atoms with Crippen molar-refractivity contribution in [2.75, 3.05) is 31.6 Å². The summed E-state index contributed by atoms with van der Waals surface area (Å²) in [5, 5.41) is 9.39. The number of nitrogens with zero attached hydrogens (tertiary/aromatic N) is 2. The third-order valence-electron chi connectivity index (χ3n) is 5.78. The smallest absolute Gasteiger partial charge is 0.341 e. The van der Waals surface area contributed by atoms with Crippen molar-refractivity contribution in [2.45, 2.75) is 31.7 Å². The minimum atomic E-state index is -1.35.